The Morgan fingerprint density at radius 2 is 1.77 bits per heavy atom. The van der Waals surface area contributed by atoms with Crippen LogP contribution in [-0.4, -0.2) is 42.8 Å². The van der Waals surface area contributed by atoms with E-state index in [0.29, 0.717) is 12.5 Å². The van der Waals surface area contributed by atoms with Crippen LogP contribution in [0.25, 0.3) is 10.9 Å². The standard InChI is InChI=1S/C24H27FN2O2.HI/c1-27(14-11-19(12-15-27)18-3-7-21(25)8-4-18)13-2-16-29-22-9-5-20-6-10-24(28)26-23(20)17-22;/h3-10,17,19H,2,11-16H2,1H3;1H. The average molecular weight is 522 g/mol. The van der Waals surface area contributed by atoms with E-state index in [2.05, 4.69) is 12.0 Å². The van der Waals surface area contributed by atoms with Gasteiger partial charge in [-0.05, 0) is 47.2 Å². The van der Waals surface area contributed by atoms with Crippen LogP contribution in [0, 0.1) is 5.82 Å². The van der Waals surface area contributed by atoms with Gasteiger partial charge in [0.1, 0.15) is 11.6 Å². The molecule has 2 aromatic carbocycles. The van der Waals surface area contributed by atoms with Gasteiger partial charge in [0.2, 0.25) is 5.56 Å². The molecule has 0 amide bonds. The molecule has 4 rings (SSSR count). The van der Waals surface area contributed by atoms with E-state index < -0.39 is 0 Å². The molecule has 0 aliphatic carbocycles. The van der Waals surface area contributed by atoms with Gasteiger partial charge >= 0.3 is 0 Å². The van der Waals surface area contributed by atoms with Crippen molar-refractivity contribution < 1.29 is 37.6 Å². The third-order valence-electron chi connectivity index (χ3n) is 6.18. The van der Waals surface area contributed by atoms with E-state index >= 15 is 0 Å². The maximum absolute atomic E-state index is 13.1. The Bertz CT molecular complexity index is 1030. The average Bonchev–Trinajstić information content (AvgIpc) is 2.72. The van der Waals surface area contributed by atoms with Crippen LogP contribution in [0.2, 0.25) is 0 Å². The van der Waals surface area contributed by atoms with Crippen LogP contribution >= 0.6 is 0 Å². The number of rotatable bonds is 6. The second kappa shape index (κ2) is 9.92. The maximum Gasteiger partial charge on any atom is 0.248 e. The molecule has 1 saturated heterocycles. The number of benzene rings is 2. The lowest BCUT2D eigenvalue weighted by molar-refractivity contribution is -0.914. The van der Waals surface area contributed by atoms with Crippen molar-refractivity contribution in [1.82, 2.24) is 4.98 Å². The molecular formula is C24H28FIN2O2. The van der Waals surface area contributed by atoms with Crippen molar-refractivity contribution in [2.24, 2.45) is 0 Å². The van der Waals surface area contributed by atoms with Crippen molar-refractivity contribution in [3.05, 3.63) is 76.3 Å². The van der Waals surface area contributed by atoms with Gasteiger partial charge in [0.15, 0.2) is 0 Å². The lowest BCUT2D eigenvalue weighted by Gasteiger charge is -2.40. The first-order valence-corrected chi connectivity index (χ1v) is 10.4. The summed E-state index contributed by atoms with van der Waals surface area (Å²) in [4.78, 5) is 14.3. The van der Waals surface area contributed by atoms with Gasteiger partial charge < -0.3 is 38.2 Å². The Balaban J connectivity index is 0.00000256. The molecule has 1 aliphatic rings. The lowest BCUT2D eigenvalue weighted by atomic mass is 9.88. The zero-order valence-corrected chi connectivity index (χ0v) is 19.4. The van der Waals surface area contributed by atoms with E-state index in [1.807, 2.05) is 36.4 Å². The summed E-state index contributed by atoms with van der Waals surface area (Å²) in [5, 5.41) is 0.999. The number of piperidine rings is 1. The fraction of sp³-hybridized carbons (Fsp3) is 0.375. The largest absolute Gasteiger partial charge is 1.00 e. The Kier molecular flexibility index (Phi) is 7.52. The molecule has 6 heteroatoms. The highest BCUT2D eigenvalue weighted by Crippen LogP contribution is 2.31. The third-order valence-corrected chi connectivity index (χ3v) is 6.18. The number of halogens is 2. The number of H-pyrrole nitrogens is 1. The van der Waals surface area contributed by atoms with Gasteiger partial charge in [-0.15, -0.1) is 0 Å². The zero-order valence-electron chi connectivity index (χ0n) is 17.2. The summed E-state index contributed by atoms with van der Waals surface area (Å²) in [6.45, 7) is 4.02. The number of nitrogens with zero attached hydrogens (tertiary/aromatic N) is 1. The summed E-state index contributed by atoms with van der Waals surface area (Å²) in [7, 11) is 2.32. The highest BCUT2D eigenvalue weighted by molar-refractivity contribution is 5.79. The van der Waals surface area contributed by atoms with E-state index in [1.165, 1.54) is 11.6 Å². The number of hydrogen-bond donors (Lipinski definition) is 1. The molecular weight excluding hydrogens is 494 g/mol. The number of nitrogens with one attached hydrogen (secondary N) is 1. The maximum atomic E-state index is 13.1. The van der Waals surface area contributed by atoms with Gasteiger partial charge in [0, 0.05) is 31.4 Å². The number of aromatic nitrogens is 1. The highest BCUT2D eigenvalue weighted by atomic mass is 127. The quantitative estimate of drug-likeness (QED) is 0.303. The first-order chi connectivity index (χ1) is 14.0. The molecule has 0 atom stereocenters. The minimum atomic E-state index is -0.164. The van der Waals surface area contributed by atoms with Gasteiger partial charge in [-0.25, -0.2) is 4.39 Å². The molecule has 1 aromatic heterocycles. The molecule has 0 bridgehead atoms. The van der Waals surface area contributed by atoms with Crippen molar-refractivity contribution in [2.45, 2.75) is 25.2 Å². The number of aromatic amines is 1. The number of pyridine rings is 1. The van der Waals surface area contributed by atoms with Crippen molar-refractivity contribution in [3.63, 3.8) is 0 Å². The topological polar surface area (TPSA) is 42.1 Å². The monoisotopic (exact) mass is 522 g/mol. The molecule has 4 nitrogen and oxygen atoms in total. The molecule has 0 spiro atoms. The number of likely N-dealkylation sites (tertiary alicyclic amines) is 1. The van der Waals surface area contributed by atoms with Gasteiger partial charge in [0.05, 0.1) is 38.8 Å². The molecule has 2 heterocycles. The predicted octanol–water partition coefficient (Wildman–Crippen LogP) is 1.46. The van der Waals surface area contributed by atoms with Gasteiger partial charge in [0.25, 0.3) is 0 Å². The fourth-order valence-corrected chi connectivity index (χ4v) is 4.34. The molecule has 1 fully saturated rings. The summed E-state index contributed by atoms with van der Waals surface area (Å²) < 4.78 is 20.1. The minimum absolute atomic E-state index is 0. The molecule has 3 aromatic rings. The lowest BCUT2D eigenvalue weighted by Crippen LogP contribution is -3.00. The van der Waals surface area contributed by atoms with E-state index in [4.69, 9.17) is 4.74 Å². The Morgan fingerprint density at radius 1 is 1.07 bits per heavy atom. The third kappa shape index (κ3) is 5.60. The van der Waals surface area contributed by atoms with Gasteiger partial charge in [-0.3, -0.25) is 4.79 Å². The van der Waals surface area contributed by atoms with Gasteiger partial charge in [-0.2, -0.15) is 0 Å². The summed E-state index contributed by atoms with van der Waals surface area (Å²) in [6.07, 6.45) is 3.27. The van der Waals surface area contributed by atoms with E-state index in [0.717, 1.165) is 60.0 Å². The summed E-state index contributed by atoms with van der Waals surface area (Å²) in [5.41, 5.74) is 1.96. The molecule has 1 aliphatic heterocycles. The van der Waals surface area contributed by atoms with Crippen LogP contribution in [0.15, 0.2) is 59.4 Å². The Morgan fingerprint density at radius 3 is 2.50 bits per heavy atom. The predicted molar refractivity (Wildman–Crippen MR) is 114 cm³/mol. The van der Waals surface area contributed by atoms with Crippen LogP contribution in [-0.2, 0) is 0 Å². The van der Waals surface area contributed by atoms with Crippen LogP contribution in [0.4, 0.5) is 4.39 Å². The van der Waals surface area contributed by atoms with Crippen molar-refractivity contribution in [1.29, 1.82) is 0 Å². The summed E-state index contributed by atoms with van der Waals surface area (Å²) in [6, 6.07) is 16.2. The minimum Gasteiger partial charge on any atom is -1.00 e. The van der Waals surface area contributed by atoms with Crippen molar-refractivity contribution in [2.75, 3.05) is 33.3 Å². The molecule has 0 unspecified atom stereocenters. The highest BCUT2D eigenvalue weighted by Gasteiger charge is 2.30. The first-order valence-electron chi connectivity index (χ1n) is 10.4. The number of hydrogen-bond acceptors (Lipinski definition) is 2. The van der Waals surface area contributed by atoms with Gasteiger partial charge in [-0.1, -0.05) is 12.1 Å². The summed E-state index contributed by atoms with van der Waals surface area (Å²) >= 11 is 0. The number of fused-ring (bicyclic) bond motifs is 1. The Labute approximate surface area is 193 Å². The normalized spacial score (nSPS) is 21.2. The molecule has 160 valence electrons. The van der Waals surface area contributed by atoms with Crippen LogP contribution < -0.4 is 34.3 Å². The smallest absolute Gasteiger partial charge is 0.248 e. The number of ether oxygens (including phenoxy) is 1. The van der Waals surface area contributed by atoms with Crippen LogP contribution in [0.1, 0.15) is 30.7 Å². The number of quaternary nitrogens is 1. The Hall–Kier alpha value is -1.93. The zero-order chi connectivity index (χ0) is 20.3. The van der Waals surface area contributed by atoms with E-state index in [9.17, 15) is 9.18 Å². The fourth-order valence-electron chi connectivity index (χ4n) is 4.34. The van der Waals surface area contributed by atoms with Crippen molar-refractivity contribution in [3.8, 4) is 5.75 Å². The van der Waals surface area contributed by atoms with E-state index in [1.54, 1.807) is 12.1 Å². The molecule has 1 N–H and O–H groups in total. The van der Waals surface area contributed by atoms with Crippen LogP contribution in [0.5, 0.6) is 5.75 Å². The molecule has 0 saturated carbocycles. The van der Waals surface area contributed by atoms with E-state index in [-0.39, 0.29) is 35.4 Å². The summed E-state index contributed by atoms with van der Waals surface area (Å²) in [5.74, 6) is 1.16. The molecule has 0 radical (unpaired) electrons. The second-order valence-corrected chi connectivity index (χ2v) is 8.39. The first kappa shape index (κ1) is 22.7. The van der Waals surface area contributed by atoms with Crippen molar-refractivity contribution >= 4 is 10.9 Å². The van der Waals surface area contributed by atoms with Crippen LogP contribution in [0.3, 0.4) is 0 Å². The molecule has 30 heavy (non-hydrogen) atoms. The second-order valence-electron chi connectivity index (χ2n) is 8.39. The SMILES string of the molecule is C[N+]1(CCCOc2ccc3ccc(=O)[nH]c3c2)CCC(c2ccc(F)cc2)CC1.[I-].